The third kappa shape index (κ3) is 2.33. The predicted octanol–water partition coefficient (Wildman–Crippen LogP) is 2.26. The van der Waals surface area contributed by atoms with Crippen LogP contribution in [-0.2, 0) is 3.93 Å². The first-order valence-electron chi connectivity index (χ1n) is 3.17. The molecule has 1 aromatic heterocycles. The van der Waals surface area contributed by atoms with Crippen molar-refractivity contribution in [3.8, 4) is 0 Å². The average molecular weight is 299 g/mol. The summed E-state index contributed by atoms with van der Waals surface area (Å²) in [5.74, 6) is -1.40. The van der Waals surface area contributed by atoms with Gasteiger partial charge in [0.05, 0.1) is 5.56 Å². The monoisotopic (exact) mass is 299 g/mol. The fourth-order valence-electron chi connectivity index (χ4n) is 0.812. The van der Waals surface area contributed by atoms with Crippen LogP contribution in [-0.4, -0.2) is 16.1 Å². The first-order chi connectivity index (χ1) is 5.93. The molecule has 1 N–H and O–H groups in total. The van der Waals surface area contributed by atoms with E-state index in [-0.39, 0.29) is 0 Å². The normalized spacial score (nSPS) is 11.3. The third-order valence-corrected chi connectivity index (χ3v) is 1.94. The lowest BCUT2D eigenvalue weighted by atomic mass is 10.1. The molecule has 0 amide bonds. The van der Waals surface area contributed by atoms with Gasteiger partial charge in [0, 0.05) is 40.5 Å². The van der Waals surface area contributed by atoms with Crippen LogP contribution in [0.5, 0.6) is 0 Å². The number of nitrogens with zero attached hydrogens (tertiary/aromatic N) is 1. The minimum atomic E-state index is -3.19. The average Bonchev–Trinajstić information content (AvgIpc) is 2.03. The summed E-state index contributed by atoms with van der Waals surface area (Å²) in [5.41, 5.74) is -1.00. The number of carboxylic acids is 1. The molecule has 0 radical (unpaired) electrons. The Morgan fingerprint density at radius 2 is 2.23 bits per heavy atom. The van der Waals surface area contributed by atoms with Gasteiger partial charge in [-0.2, -0.15) is 8.78 Å². The molecule has 0 unspecified atom stereocenters. The molecular formula is C7H4F2INO2. The van der Waals surface area contributed by atoms with Crippen LogP contribution in [0.2, 0.25) is 0 Å². The minimum Gasteiger partial charge on any atom is -0.478 e. The van der Waals surface area contributed by atoms with Crippen molar-refractivity contribution in [3.63, 3.8) is 0 Å². The lowest BCUT2D eigenvalue weighted by Gasteiger charge is -2.10. The number of halogens is 3. The number of carbonyl (C=O) groups is 1. The highest BCUT2D eigenvalue weighted by Crippen LogP contribution is 2.36. The molecule has 0 aromatic carbocycles. The van der Waals surface area contributed by atoms with E-state index in [2.05, 4.69) is 4.98 Å². The number of aromatic carboxylic acids is 1. The number of rotatable bonds is 2. The van der Waals surface area contributed by atoms with Gasteiger partial charge in [-0.3, -0.25) is 4.98 Å². The molecule has 70 valence electrons. The highest BCUT2D eigenvalue weighted by molar-refractivity contribution is 14.1. The zero-order chi connectivity index (χ0) is 10.1. The van der Waals surface area contributed by atoms with Gasteiger partial charge in [-0.05, 0) is 6.07 Å². The van der Waals surface area contributed by atoms with Crippen LogP contribution in [0.3, 0.4) is 0 Å². The standard InChI is InChI=1S/C7H4F2INO2/c8-7(9,10)5-1-2-11-3-4(5)6(12)13/h1-3H,(H,12,13). The second kappa shape index (κ2) is 3.52. The summed E-state index contributed by atoms with van der Waals surface area (Å²) >= 11 is 0.877. The van der Waals surface area contributed by atoms with E-state index in [1.807, 2.05) is 0 Å². The summed E-state index contributed by atoms with van der Waals surface area (Å²) in [6.07, 6.45) is 2.04. The topological polar surface area (TPSA) is 50.2 Å². The molecule has 0 atom stereocenters. The number of pyridine rings is 1. The molecule has 0 saturated carbocycles. The molecular weight excluding hydrogens is 295 g/mol. The van der Waals surface area contributed by atoms with Crippen LogP contribution in [0.25, 0.3) is 0 Å². The molecule has 13 heavy (non-hydrogen) atoms. The number of alkyl halides is 3. The number of aromatic nitrogens is 1. The molecule has 1 aromatic rings. The molecule has 0 aliphatic rings. The first kappa shape index (κ1) is 10.3. The van der Waals surface area contributed by atoms with E-state index in [0.717, 1.165) is 41.1 Å². The molecule has 0 aliphatic carbocycles. The Bertz CT molecular complexity index is 338. The largest absolute Gasteiger partial charge is 0.478 e. The number of hydrogen-bond donors (Lipinski definition) is 1. The summed E-state index contributed by atoms with van der Waals surface area (Å²) in [5, 5.41) is 8.55. The van der Waals surface area contributed by atoms with E-state index in [9.17, 15) is 13.6 Å². The maximum Gasteiger partial charge on any atom is 0.337 e. The van der Waals surface area contributed by atoms with Crippen molar-refractivity contribution < 1.29 is 18.7 Å². The Kier molecular flexibility index (Phi) is 2.79. The molecule has 0 bridgehead atoms. The van der Waals surface area contributed by atoms with Gasteiger partial charge in [0.25, 0.3) is 0 Å². The van der Waals surface area contributed by atoms with Crippen LogP contribution in [0.15, 0.2) is 18.5 Å². The molecule has 0 spiro atoms. The summed E-state index contributed by atoms with van der Waals surface area (Å²) in [6.45, 7) is 0. The first-order valence-corrected chi connectivity index (χ1v) is 4.25. The smallest absolute Gasteiger partial charge is 0.337 e. The summed E-state index contributed by atoms with van der Waals surface area (Å²) in [4.78, 5) is 14.0. The van der Waals surface area contributed by atoms with E-state index in [1.54, 1.807) is 0 Å². The van der Waals surface area contributed by atoms with E-state index in [1.165, 1.54) is 0 Å². The summed E-state index contributed by atoms with van der Waals surface area (Å²) < 4.78 is 22.4. The van der Waals surface area contributed by atoms with Crippen molar-refractivity contribution in [2.45, 2.75) is 3.93 Å². The van der Waals surface area contributed by atoms with Crippen LogP contribution in [0.1, 0.15) is 15.9 Å². The number of carboxylic acid groups (broad SMARTS) is 1. The zero-order valence-corrected chi connectivity index (χ0v) is 8.33. The van der Waals surface area contributed by atoms with Gasteiger partial charge in [-0.25, -0.2) is 4.79 Å². The third-order valence-electron chi connectivity index (χ3n) is 1.36. The maximum absolute atomic E-state index is 12.8. The quantitative estimate of drug-likeness (QED) is 0.673. The van der Waals surface area contributed by atoms with Gasteiger partial charge in [-0.15, -0.1) is 0 Å². The van der Waals surface area contributed by atoms with Crippen molar-refractivity contribution >= 4 is 28.6 Å². The molecule has 3 nitrogen and oxygen atoms in total. The van der Waals surface area contributed by atoms with Crippen molar-refractivity contribution in [1.82, 2.24) is 4.98 Å². The second-order valence-electron chi connectivity index (χ2n) is 2.22. The van der Waals surface area contributed by atoms with Crippen LogP contribution in [0.4, 0.5) is 8.78 Å². The fourth-order valence-corrected chi connectivity index (χ4v) is 1.28. The van der Waals surface area contributed by atoms with Crippen molar-refractivity contribution in [2.24, 2.45) is 0 Å². The SMILES string of the molecule is O=C(O)c1cnccc1C(F)(F)I. The molecule has 1 heterocycles. The molecule has 0 fully saturated rings. The highest BCUT2D eigenvalue weighted by Gasteiger charge is 2.31. The molecule has 1 rings (SSSR count). The van der Waals surface area contributed by atoms with E-state index in [0.29, 0.717) is 0 Å². The Morgan fingerprint density at radius 1 is 1.62 bits per heavy atom. The van der Waals surface area contributed by atoms with Crippen LogP contribution < -0.4 is 0 Å². The van der Waals surface area contributed by atoms with Gasteiger partial charge in [0.1, 0.15) is 0 Å². The van der Waals surface area contributed by atoms with Crippen molar-refractivity contribution in [3.05, 3.63) is 29.6 Å². The minimum absolute atomic E-state index is 0.470. The van der Waals surface area contributed by atoms with Gasteiger partial charge in [-0.1, -0.05) is 0 Å². The van der Waals surface area contributed by atoms with Crippen LogP contribution >= 0.6 is 22.6 Å². The fraction of sp³-hybridized carbons (Fsp3) is 0.143. The Hall–Kier alpha value is -0.790. The molecule has 6 heteroatoms. The van der Waals surface area contributed by atoms with Gasteiger partial charge < -0.3 is 5.11 Å². The Labute approximate surface area is 85.9 Å². The van der Waals surface area contributed by atoms with Crippen LogP contribution in [0, 0.1) is 0 Å². The lowest BCUT2D eigenvalue weighted by molar-refractivity contribution is 0.0678. The second-order valence-corrected chi connectivity index (χ2v) is 3.58. The maximum atomic E-state index is 12.8. The van der Waals surface area contributed by atoms with E-state index < -0.39 is 21.0 Å². The predicted molar refractivity (Wildman–Crippen MR) is 49.1 cm³/mol. The van der Waals surface area contributed by atoms with E-state index >= 15 is 0 Å². The zero-order valence-electron chi connectivity index (χ0n) is 6.17. The van der Waals surface area contributed by atoms with Gasteiger partial charge >= 0.3 is 9.90 Å². The van der Waals surface area contributed by atoms with Crippen molar-refractivity contribution in [1.29, 1.82) is 0 Å². The molecule has 0 aliphatic heterocycles. The highest BCUT2D eigenvalue weighted by atomic mass is 127. The summed E-state index contributed by atoms with van der Waals surface area (Å²) in [7, 11) is 0. The molecule has 0 saturated heterocycles. The Morgan fingerprint density at radius 3 is 2.62 bits per heavy atom. The summed E-state index contributed by atoms with van der Waals surface area (Å²) in [6, 6.07) is 0.996. The Balaban J connectivity index is 3.28. The van der Waals surface area contributed by atoms with Crippen molar-refractivity contribution in [2.75, 3.05) is 0 Å². The van der Waals surface area contributed by atoms with Gasteiger partial charge in [0.15, 0.2) is 0 Å². The lowest BCUT2D eigenvalue weighted by Crippen LogP contribution is -2.11. The van der Waals surface area contributed by atoms with Gasteiger partial charge in [0.2, 0.25) is 0 Å². The van der Waals surface area contributed by atoms with E-state index in [4.69, 9.17) is 5.11 Å². The number of hydrogen-bond acceptors (Lipinski definition) is 2.